The molecule has 0 spiro atoms. The second-order valence-electron chi connectivity index (χ2n) is 12.1. The van der Waals surface area contributed by atoms with Gasteiger partial charge >= 0.3 is 100 Å². The maximum atomic E-state index is 12.7. The Hall–Kier alpha value is -1.81. The number of alkyl halides is 12. The van der Waals surface area contributed by atoms with Gasteiger partial charge in [-0.1, -0.05) is 83.9 Å². The molecule has 0 aliphatic carbocycles. The van der Waals surface area contributed by atoms with Crippen molar-refractivity contribution >= 4 is 55.6 Å². The van der Waals surface area contributed by atoms with E-state index in [1.165, 1.54) is 24.3 Å². The molecule has 6 aromatic carbocycles. The van der Waals surface area contributed by atoms with E-state index in [1.807, 2.05) is 48.5 Å². The molecular formula is C38H26Cl4F12Zr2-2. The van der Waals surface area contributed by atoms with E-state index in [0.717, 1.165) is 33.7 Å². The van der Waals surface area contributed by atoms with E-state index in [-0.39, 0.29) is 22.3 Å². The van der Waals surface area contributed by atoms with Gasteiger partial charge in [0.2, 0.25) is 0 Å². The molecule has 0 saturated heterocycles. The van der Waals surface area contributed by atoms with Crippen LogP contribution in [0, 0.1) is 0 Å². The molecule has 0 N–H and O–H groups in total. The van der Waals surface area contributed by atoms with Gasteiger partial charge in [-0.2, -0.15) is 52.7 Å². The summed E-state index contributed by atoms with van der Waals surface area (Å²) < 4.78 is 152. The van der Waals surface area contributed by atoms with Crippen molar-refractivity contribution in [2.75, 3.05) is 0 Å². The third-order valence-electron chi connectivity index (χ3n) is 7.63. The molecule has 0 radical (unpaired) electrons. The first-order valence-electron chi connectivity index (χ1n) is 15.8. The van der Waals surface area contributed by atoms with Crippen LogP contribution >= 0.6 is 34.1 Å². The van der Waals surface area contributed by atoms with Crippen LogP contribution in [0.5, 0.6) is 0 Å². The van der Waals surface area contributed by atoms with Crippen LogP contribution in [-0.4, -0.2) is 24.7 Å². The van der Waals surface area contributed by atoms with Crippen LogP contribution in [0.1, 0.15) is 22.3 Å². The summed E-state index contributed by atoms with van der Waals surface area (Å²) in [6.45, 7) is 0. The van der Waals surface area contributed by atoms with Gasteiger partial charge in [-0.05, 0) is 22.3 Å². The first kappa shape index (κ1) is 48.6. The van der Waals surface area contributed by atoms with Gasteiger partial charge in [-0.15, -0.1) is 69.1 Å². The molecule has 0 nitrogen and oxygen atoms in total. The summed E-state index contributed by atoms with van der Waals surface area (Å²) in [4.78, 5) is 0. The molecular weight excluding hydrogens is 1010 g/mol. The number of benzene rings is 4. The zero-order chi connectivity index (χ0) is 41.9. The summed E-state index contributed by atoms with van der Waals surface area (Å²) in [6, 6.07) is 28.9. The number of hydrogen-bond donors (Lipinski definition) is 0. The summed E-state index contributed by atoms with van der Waals surface area (Å²) in [7, 11) is 19.7. The molecule has 6 aromatic rings. The number of rotatable bonds is 6. The predicted molar refractivity (Wildman–Crippen MR) is 192 cm³/mol. The topological polar surface area (TPSA) is 0 Å². The molecule has 0 heterocycles. The van der Waals surface area contributed by atoms with Crippen LogP contribution in [-0.2, 0) is 67.4 Å². The van der Waals surface area contributed by atoms with Crippen LogP contribution in [0.3, 0.4) is 0 Å². The van der Waals surface area contributed by atoms with Crippen LogP contribution < -0.4 is 0 Å². The Balaban J connectivity index is 0.000000264. The van der Waals surface area contributed by atoms with Crippen molar-refractivity contribution in [3.63, 3.8) is 0 Å². The van der Waals surface area contributed by atoms with Gasteiger partial charge in [-0.25, -0.2) is 0 Å². The standard InChI is InChI=1S/2C19H13F6.4ClH.2Zr/c2*20-18(21,22)10-12-5-13(11-19(23,24)25)7-16(6-12)17-8-14-3-1-2-4-15(14)9-17;;;;;;/h2*1-9H,10-11H2;4*1H;;/q2*-1;;;;;2*+2/p-4. The zero-order valence-electron chi connectivity index (χ0n) is 28.3. The third-order valence-corrected chi connectivity index (χ3v) is 7.63. The molecule has 18 heteroatoms. The molecule has 0 unspecified atom stereocenters. The Kier molecular flexibility index (Phi) is 18.6. The summed E-state index contributed by atoms with van der Waals surface area (Å²) >= 11 is -1.65. The number of hydrogen-bond acceptors (Lipinski definition) is 0. The van der Waals surface area contributed by atoms with Crippen molar-refractivity contribution in [2.24, 2.45) is 0 Å². The quantitative estimate of drug-likeness (QED) is 0.115. The van der Waals surface area contributed by atoms with Gasteiger partial charge in [-0.3, -0.25) is 0 Å². The Morgan fingerprint density at radius 1 is 0.393 bits per heavy atom. The van der Waals surface area contributed by atoms with Gasteiger partial charge in [0, 0.05) is 0 Å². The minimum atomic E-state index is -4.48. The SMILES string of the molecule is FC(F)(F)Cc1cc(CC(F)(F)F)cc(-c2cc3ccccc3[cH-]2)c1.FC(F)(F)Cc1cc(CC(F)(F)F)cc(-c2cc3ccccc3[cH-]2)c1.[Cl][Zr][Cl].[Cl][Zr][Cl]. The van der Waals surface area contributed by atoms with E-state index >= 15 is 0 Å². The van der Waals surface area contributed by atoms with Gasteiger partial charge in [0.15, 0.2) is 0 Å². The third kappa shape index (κ3) is 17.6. The van der Waals surface area contributed by atoms with Crippen LogP contribution in [0.15, 0.2) is 109 Å². The van der Waals surface area contributed by atoms with Crippen molar-refractivity contribution in [1.29, 1.82) is 0 Å². The molecule has 0 fully saturated rings. The molecule has 56 heavy (non-hydrogen) atoms. The van der Waals surface area contributed by atoms with E-state index in [2.05, 4.69) is 0 Å². The fraction of sp³-hybridized carbons (Fsp3) is 0.211. The van der Waals surface area contributed by atoms with E-state index in [1.54, 1.807) is 24.3 Å². The number of fused-ring (bicyclic) bond motifs is 2. The molecule has 0 bridgehead atoms. The second kappa shape index (κ2) is 21.4. The summed E-state index contributed by atoms with van der Waals surface area (Å²) in [5, 5.41) is 3.54. The maximum absolute atomic E-state index is 12.7. The predicted octanol–water partition coefficient (Wildman–Crippen LogP) is 15.6. The number of halogens is 16. The molecule has 6 rings (SSSR count). The van der Waals surface area contributed by atoms with Gasteiger partial charge in [0.05, 0.1) is 25.7 Å². The first-order valence-corrected chi connectivity index (χ1v) is 28.4. The molecule has 0 saturated carbocycles. The fourth-order valence-corrected chi connectivity index (χ4v) is 5.83. The molecule has 0 amide bonds. The van der Waals surface area contributed by atoms with Crippen molar-refractivity contribution in [2.45, 2.75) is 50.4 Å². The van der Waals surface area contributed by atoms with Crippen molar-refractivity contribution < 1.29 is 94.4 Å². The van der Waals surface area contributed by atoms with E-state index in [9.17, 15) is 52.7 Å². The summed E-state index contributed by atoms with van der Waals surface area (Å²) in [5.74, 6) is 0. The van der Waals surface area contributed by atoms with Gasteiger partial charge < -0.3 is 0 Å². The Labute approximate surface area is 351 Å². The normalized spacial score (nSPS) is 11.9. The molecule has 300 valence electrons. The monoisotopic (exact) mass is 1030 g/mol. The molecule has 0 aliphatic heterocycles. The summed E-state index contributed by atoms with van der Waals surface area (Å²) in [6.07, 6.45) is -23.0. The van der Waals surface area contributed by atoms with Crippen molar-refractivity contribution in [3.8, 4) is 22.3 Å². The first-order chi connectivity index (χ1) is 26.0. The Morgan fingerprint density at radius 3 is 0.875 bits per heavy atom. The zero-order valence-corrected chi connectivity index (χ0v) is 36.2. The molecule has 0 aliphatic rings. The molecule has 0 aromatic heterocycles. The van der Waals surface area contributed by atoms with Crippen LogP contribution in [0.2, 0.25) is 0 Å². The Morgan fingerprint density at radius 2 is 0.643 bits per heavy atom. The van der Waals surface area contributed by atoms with E-state index in [0.29, 0.717) is 22.3 Å². The van der Waals surface area contributed by atoms with Gasteiger partial charge in [0.1, 0.15) is 0 Å². The minimum absolute atomic E-state index is 0.172. The molecule has 0 atom stereocenters. The van der Waals surface area contributed by atoms with E-state index in [4.69, 9.17) is 34.1 Å². The van der Waals surface area contributed by atoms with Crippen molar-refractivity contribution in [1.82, 2.24) is 0 Å². The van der Waals surface area contributed by atoms with E-state index < -0.39 is 92.1 Å². The van der Waals surface area contributed by atoms with Crippen LogP contribution in [0.25, 0.3) is 43.8 Å². The summed E-state index contributed by atoms with van der Waals surface area (Å²) in [5.41, 5.74) is 1.24. The fourth-order valence-electron chi connectivity index (χ4n) is 5.83. The van der Waals surface area contributed by atoms with Crippen molar-refractivity contribution in [3.05, 3.63) is 131 Å². The van der Waals surface area contributed by atoms with Crippen LogP contribution in [0.4, 0.5) is 52.7 Å². The average molecular weight is 1030 g/mol. The second-order valence-corrected chi connectivity index (χ2v) is 19.6. The Bertz CT molecular complexity index is 1850. The van der Waals surface area contributed by atoms with Gasteiger partial charge in [0.25, 0.3) is 0 Å². The average Bonchev–Trinajstić information content (AvgIpc) is 3.67.